The number of nitrogens with zero attached hydrogens (tertiary/aromatic N) is 4. The smallest absolute Gasteiger partial charge is 0.354 e. The molecular formula is C10H9N5O5. The summed E-state index contributed by atoms with van der Waals surface area (Å²) >= 11 is 0. The average molecular weight is 279 g/mol. The summed E-state index contributed by atoms with van der Waals surface area (Å²) in [7, 11) is 0. The molecule has 104 valence electrons. The van der Waals surface area contributed by atoms with Gasteiger partial charge >= 0.3 is 11.7 Å². The number of carboxylic acid groups (broad SMARTS) is 1. The van der Waals surface area contributed by atoms with Gasteiger partial charge in [0, 0.05) is 13.0 Å². The van der Waals surface area contributed by atoms with E-state index in [9.17, 15) is 14.9 Å². The predicted octanol–water partition coefficient (Wildman–Crippen LogP) is 0.992. The van der Waals surface area contributed by atoms with E-state index in [1.807, 2.05) is 0 Å². The average Bonchev–Trinajstić information content (AvgIpc) is 2.81. The molecule has 0 fully saturated rings. The molecule has 0 aromatic carbocycles. The first-order valence-electron chi connectivity index (χ1n) is 5.39. The maximum atomic E-state index is 10.8. The third kappa shape index (κ3) is 2.85. The number of aromatic carboxylic acids is 1. The number of carboxylic acids is 1. The molecule has 0 atom stereocenters. The van der Waals surface area contributed by atoms with Crippen LogP contribution >= 0.6 is 0 Å². The summed E-state index contributed by atoms with van der Waals surface area (Å²) in [6.45, 7) is 1.62. The second-order valence-electron chi connectivity index (χ2n) is 3.71. The van der Waals surface area contributed by atoms with Crippen LogP contribution in [0.15, 0.2) is 16.7 Å². The molecule has 2 heterocycles. The largest absolute Gasteiger partial charge is 0.477 e. The van der Waals surface area contributed by atoms with Crippen molar-refractivity contribution in [1.82, 2.24) is 15.1 Å². The summed E-state index contributed by atoms with van der Waals surface area (Å²) in [6.07, 6.45) is 0. The van der Waals surface area contributed by atoms with Crippen molar-refractivity contribution in [3.63, 3.8) is 0 Å². The zero-order valence-electron chi connectivity index (χ0n) is 10.2. The van der Waals surface area contributed by atoms with Gasteiger partial charge in [-0.15, -0.1) is 0 Å². The van der Waals surface area contributed by atoms with Crippen LogP contribution in [0.1, 0.15) is 22.2 Å². The van der Waals surface area contributed by atoms with Gasteiger partial charge < -0.3 is 14.9 Å². The molecule has 10 heteroatoms. The Bertz CT molecular complexity index is 668. The molecule has 0 aliphatic heterocycles. The summed E-state index contributed by atoms with van der Waals surface area (Å²) in [5.74, 6) is -0.821. The maximum Gasteiger partial charge on any atom is 0.354 e. The van der Waals surface area contributed by atoms with Crippen molar-refractivity contribution in [2.45, 2.75) is 13.5 Å². The second kappa shape index (κ2) is 5.30. The molecule has 2 aromatic heterocycles. The fraction of sp³-hybridized carbons (Fsp3) is 0.200. The lowest BCUT2D eigenvalue weighted by Crippen LogP contribution is -2.09. The first kappa shape index (κ1) is 13.4. The quantitative estimate of drug-likeness (QED) is 0.604. The predicted molar refractivity (Wildman–Crippen MR) is 64.2 cm³/mol. The van der Waals surface area contributed by atoms with Crippen molar-refractivity contribution in [3.8, 4) is 0 Å². The maximum absolute atomic E-state index is 10.8. The summed E-state index contributed by atoms with van der Waals surface area (Å²) in [6, 6.07) is 2.13. The molecule has 2 N–H and O–H groups in total. The van der Waals surface area contributed by atoms with Crippen LogP contribution in [0.2, 0.25) is 0 Å². The summed E-state index contributed by atoms with van der Waals surface area (Å²) in [5.41, 5.74) is -0.641. The number of aryl methyl sites for hydroxylation is 1. The fourth-order valence-corrected chi connectivity index (χ4v) is 1.42. The van der Waals surface area contributed by atoms with Crippen molar-refractivity contribution in [2.75, 3.05) is 5.32 Å². The van der Waals surface area contributed by atoms with E-state index in [4.69, 9.17) is 9.63 Å². The number of nitrogens with one attached hydrogen (secondary N) is 1. The molecule has 0 aliphatic carbocycles. The van der Waals surface area contributed by atoms with Crippen LogP contribution in [0.4, 0.5) is 11.5 Å². The van der Waals surface area contributed by atoms with Gasteiger partial charge in [0.2, 0.25) is 11.7 Å². The molecule has 0 radical (unpaired) electrons. The van der Waals surface area contributed by atoms with Crippen LogP contribution in [0, 0.1) is 17.0 Å². The minimum atomic E-state index is -1.28. The van der Waals surface area contributed by atoms with Gasteiger partial charge in [0.1, 0.15) is 0 Å². The van der Waals surface area contributed by atoms with Crippen LogP contribution in [-0.4, -0.2) is 31.1 Å². The molecule has 0 aliphatic rings. The van der Waals surface area contributed by atoms with E-state index in [-0.39, 0.29) is 29.6 Å². The molecule has 2 aromatic rings. The third-order valence-electron chi connectivity index (χ3n) is 2.27. The van der Waals surface area contributed by atoms with Crippen LogP contribution < -0.4 is 5.32 Å². The Hall–Kier alpha value is -3.04. The van der Waals surface area contributed by atoms with Crippen molar-refractivity contribution in [1.29, 1.82) is 0 Å². The van der Waals surface area contributed by atoms with Crippen LogP contribution in [0.25, 0.3) is 0 Å². The first-order chi connectivity index (χ1) is 9.47. The highest BCUT2D eigenvalue weighted by molar-refractivity contribution is 5.86. The van der Waals surface area contributed by atoms with Crippen molar-refractivity contribution < 1.29 is 19.3 Å². The van der Waals surface area contributed by atoms with E-state index < -0.39 is 10.9 Å². The molecule has 20 heavy (non-hydrogen) atoms. The third-order valence-corrected chi connectivity index (χ3v) is 2.27. The Morgan fingerprint density at radius 2 is 2.25 bits per heavy atom. The van der Waals surface area contributed by atoms with Gasteiger partial charge in [-0.05, 0) is 6.07 Å². The summed E-state index contributed by atoms with van der Waals surface area (Å²) in [5, 5.41) is 25.9. The second-order valence-corrected chi connectivity index (χ2v) is 3.71. The van der Waals surface area contributed by atoms with E-state index in [1.165, 1.54) is 0 Å². The molecule has 0 saturated heterocycles. The SMILES string of the molecule is Cc1nc(CNc2nc(C(=O)O)ccc2[N+](=O)[O-])no1. The standard InChI is InChI=1S/C10H9N5O5/c1-5-12-8(14-20-5)4-11-9-7(15(18)19)3-2-6(13-9)10(16)17/h2-3H,4H2,1H3,(H,11,13)(H,16,17). The van der Waals surface area contributed by atoms with E-state index in [0.29, 0.717) is 5.89 Å². The molecular weight excluding hydrogens is 270 g/mol. The van der Waals surface area contributed by atoms with Gasteiger partial charge in [-0.25, -0.2) is 9.78 Å². The Labute approximate surface area is 111 Å². The van der Waals surface area contributed by atoms with Crippen LogP contribution in [0.5, 0.6) is 0 Å². The lowest BCUT2D eigenvalue weighted by atomic mass is 10.3. The highest BCUT2D eigenvalue weighted by Crippen LogP contribution is 2.22. The topological polar surface area (TPSA) is 144 Å². The number of pyridine rings is 1. The number of carbonyl (C=O) groups is 1. The number of hydrogen-bond donors (Lipinski definition) is 2. The van der Waals surface area contributed by atoms with Crippen molar-refractivity contribution >= 4 is 17.5 Å². The normalized spacial score (nSPS) is 10.2. The fourth-order valence-electron chi connectivity index (χ4n) is 1.42. The van der Waals surface area contributed by atoms with Gasteiger partial charge in [-0.1, -0.05) is 5.16 Å². The molecule has 0 saturated carbocycles. The van der Waals surface area contributed by atoms with Crippen molar-refractivity contribution in [2.24, 2.45) is 0 Å². The van der Waals surface area contributed by atoms with Gasteiger partial charge in [-0.2, -0.15) is 4.98 Å². The Kier molecular flexibility index (Phi) is 3.55. The summed E-state index contributed by atoms with van der Waals surface area (Å²) < 4.78 is 4.74. The number of hydrogen-bond acceptors (Lipinski definition) is 8. The number of anilines is 1. The van der Waals surface area contributed by atoms with Crippen LogP contribution in [-0.2, 0) is 6.54 Å². The van der Waals surface area contributed by atoms with E-state index >= 15 is 0 Å². The summed E-state index contributed by atoms with van der Waals surface area (Å²) in [4.78, 5) is 28.6. The Balaban J connectivity index is 2.25. The molecule has 0 bridgehead atoms. The minimum Gasteiger partial charge on any atom is -0.477 e. The van der Waals surface area contributed by atoms with Gasteiger partial charge in [0.05, 0.1) is 11.5 Å². The zero-order valence-corrected chi connectivity index (χ0v) is 10.2. The number of rotatable bonds is 5. The highest BCUT2D eigenvalue weighted by Gasteiger charge is 2.18. The monoisotopic (exact) mass is 279 g/mol. The van der Waals surface area contributed by atoms with E-state index in [2.05, 4.69) is 20.4 Å². The van der Waals surface area contributed by atoms with Crippen molar-refractivity contribution in [3.05, 3.63) is 39.7 Å². The molecule has 0 amide bonds. The molecule has 0 spiro atoms. The van der Waals surface area contributed by atoms with Gasteiger partial charge in [0.25, 0.3) is 0 Å². The first-order valence-corrected chi connectivity index (χ1v) is 5.39. The van der Waals surface area contributed by atoms with Gasteiger partial charge in [0.15, 0.2) is 11.5 Å². The molecule has 0 unspecified atom stereocenters. The Morgan fingerprint density at radius 1 is 1.50 bits per heavy atom. The lowest BCUT2D eigenvalue weighted by molar-refractivity contribution is -0.384. The molecule has 2 rings (SSSR count). The number of nitro groups is 1. The minimum absolute atomic E-state index is 0.0221. The van der Waals surface area contributed by atoms with Crippen LogP contribution in [0.3, 0.4) is 0 Å². The highest BCUT2D eigenvalue weighted by atomic mass is 16.6. The van der Waals surface area contributed by atoms with E-state index in [1.54, 1.807) is 6.92 Å². The molecule has 10 nitrogen and oxygen atoms in total. The Morgan fingerprint density at radius 3 is 2.80 bits per heavy atom. The number of aromatic nitrogens is 3. The van der Waals surface area contributed by atoms with E-state index in [0.717, 1.165) is 12.1 Å². The zero-order chi connectivity index (χ0) is 14.7. The lowest BCUT2D eigenvalue weighted by Gasteiger charge is -2.04. The van der Waals surface area contributed by atoms with Gasteiger partial charge in [-0.3, -0.25) is 10.1 Å².